The topological polar surface area (TPSA) is 67.4 Å². The van der Waals surface area contributed by atoms with Crippen LogP contribution in [-0.2, 0) is 9.53 Å². The van der Waals surface area contributed by atoms with E-state index in [1.807, 2.05) is 0 Å². The summed E-state index contributed by atoms with van der Waals surface area (Å²) in [5.74, 6) is -0.828. The zero-order valence-corrected chi connectivity index (χ0v) is 13.9. The van der Waals surface area contributed by atoms with E-state index in [0.29, 0.717) is 11.4 Å². The van der Waals surface area contributed by atoms with Gasteiger partial charge in [0.2, 0.25) is 0 Å². The van der Waals surface area contributed by atoms with E-state index in [1.54, 1.807) is 45.0 Å². The molecule has 2 N–H and O–H groups in total. The van der Waals surface area contributed by atoms with Crippen molar-refractivity contribution in [2.24, 2.45) is 0 Å². The van der Waals surface area contributed by atoms with Crippen molar-refractivity contribution in [2.75, 3.05) is 10.6 Å². The molecule has 0 atom stereocenters. The van der Waals surface area contributed by atoms with Gasteiger partial charge in [-0.15, -0.1) is 0 Å². The number of nitrogens with one attached hydrogen (secondary N) is 2. The van der Waals surface area contributed by atoms with E-state index in [9.17, 15) is 9.59 Å². The molecule has 0 unspecified atom stereocenters. The molecule has 0 fully saturated rings. The van der Waals surface area contributed by atoms with Crippen molar-refractivity contribution in [1.82, 2.24) is 0 Å². The van der Waals surface area contributed by atoms with E-state index in [2.05, 4.69) is 10.6 Å². The predicted molar refractivity (Wildman–Crippen MR) is 85.2 cm³/mol. The minimum atomic E-state index is -2.10. The summed E-state index contributed by atoms with van der Waals surface area (Å²) in [6, 6.07) is 6.48. The van der Waals surface area contributed by atoms with E-state index in [4.69, 9.17) is 39.5 Å². The van der Waals surface area contributed by atoms with Crippen LogP contribution in [0.1, 0.15) is 20.8 Å². The summed E-state index contributed by atoms with van der Waals surface area (Å²) in [5, 5.41) is 4.93. The molecule has 0 saturated carbocycles. The van der Waals surface area contributed by atoms with Crippen molar-refractivity contribution >= 4 is 58.2 Å². The quantitative estimate of drug-likeness (QED) is 0.777. The van der Waals surface area contributed by atoms with Gasteiger partial charge in [-0.3, -0.25) is 10.1 Å². The number of anilines is 2. The zero-order chi connectivity index (χ0) is 16.3. The van der Waals surface area contributed by atoms with Crippen molar-refractivity contribution in [3.63, 3.8) is 0 Å². The lowest BCUT2D eigenvalue weighted by Gasteiger charge is -2.20. The number of amides is 2. The number of para-hydroxylation sites is 2. The molecule has 2 amide bonds. The minimum Gasteiger partial charge on any atom is -0.444 e. The fourth-order valence-corrected chi connectivity index (χ4v) is 1.45. The summed E-state index contributed by atoms with van der Waals surface area (Å²) in [4.78, 5) is 23.4. The minimum absolute atomic E-state index is 0.291. The fourth-order valence-electron chi connectivity index (χ4n) is 1.31. The third-order valence-corrected chi connectivity index (χ3v) is 2.58. The monoisotopic (exact) mass is 352 g/mol. The average molecular weight is 354 g/mol. The van der Waals surface area contributed by atoms with Gasteiger partial charge in [0.1, 0.15) is 5.60 Å². The molecule has 21 heavy (non-hydrogen) atoms. The Morgan fingerprint density at radius 3 is 1.90 bits per heavy atom. The number of halogens is 3. The predicted octanol–water partition coefficient (Wildman–Crippen LogP) is 4.34. The van der Waals surface area contributed by atoms with Crippen LogP contribution in [0.25, 0.3) is 0 Å². The number of rotatable bonds is 2. The molecule has 0 saturated heterocycles. The third-order valence-electron chi connectivity index (χ3n) is 2.07. The van der Waals surface area contributed by atoms with Gasteiger partial charge in [0.05, 0.1) is 11.4 Å². The fraction of sp³-hybridized carbons (Fsp3) is 0.385. The molecule has 1 rings (SSSR count). The SMILES string of the molecule is CC(C)(C)OC(=O)Nc1ccccc1NC(=O)C(Cl)(Cl)Cl. The second-order valence-corrected chi connectivity index (χ2v) is 7.41. The molecule has 116 valence electrons. The Labute approximate surface area is 137 Å². The molecule has 0 spiro atoms. The Morgan fingerprint density at radius 2 is 1.48 bits per heavy atom. The highest BCUT2D eigenvalue weighted by Crippen LogP contribution is 2.29. The molecule has 1 aromatic carbocycles. The van der Waals surface area contributed by atoms with Gasteiger partial charge in [-0.25, -0.2) is 4.79 Å². The Hall–Kier alpha value is -1.17. The van der Waals surface area contributed by atoms with E-state index < -0.39 is 21.4 Å². The van der Waals surface area contributed by atoms with Gasteiger partial charge in [-0.05, 0) is 32.9 Å². The number of carbonyl (C=O) groups excluding carboxylic acids is 2. The lowest BCUT2D eigenvalue weighted by molar-refractivity contribution is -0.115. The van der Waals surface area contributed by atoms with Crippen molar-refractivity contribution in [2.45, 2.75) is 30.2 Å². The molecule has 0 heterocycles. The summed E-state index contributed by atoms with van der Waals surface area (Å²) in [6.07, 6.45) is -0.655. The summed E-state index contributed by atoms with van der Waals surface area (Å²) in [7, 11) is 0. The second kappa shape index (κ2) is 6.73. The van der Waals surface area contributed by atoms with Gasteiger partial charge in [0, 0.05) is 0 Å². The Balaban J connectivity index is 2.85. The van der Waals surface area contributed by atoms with Crippen molar-refractivity contribution in [3.05, 3.63) is 24.3 Å². The van der Waals surface area contributed by atoms with E-state index in [0.717, 1.165) is 0 Å². The van der Waals surface area contributed by atoms with Gasteiger partial charge in [-0.2, -0.15) is 0 Å². The first kappa shape index (κ1) is 17.9. The van der Waals surface area contributed by atoms with E-state index in [1.165, 1.54) is 0 Å². The maximum Gasteiger partial charge on any atom is 0.412 e. The smallest absolute Gasteiger partial charge is 0.412 e. The van der Waals surface area contributed by atoms with Crippen LogP contribution >= 0.6 is 34.8 Å². The van der Waals surface area contributed by atoms with Crippen LogP contribution in [0.3, 0.4) is 0 Å². The Kier molecular flexibility index (Phi) is 5.73. The first-order valence-corrected chi connectivity index (χ1v) is 7.09. The summed E-state index contributed by atoms with van der Waals surface area (Å²) in [6.45, 7) is 5.22. The highest BCUT2D eigenvalue weighted by Gasteiger charge is 2.31. The molecular weight excluding hydrogens is 339 g/mol. The number of ether oxygens (including phenoxy) is 1. The lowest BCUT2D eigenvalue weighted by atomic mass is 10.2. The van der Waals surface area contributed by atoms with E-state index >= 15 is 0 Å². The number of hydrogen-bond acceptors (Lipinski definition) is 3. The van der Waals surface area contributed by atoms with Crippen LogP contribution in [0.4, 0.5) is 16.2 Å². The molecule has 0 aliphatic carbocycles. The normalized spacial score (nSPS) is 11.7. The molecular formula is C13H15Cl3N2O3. The first-order chi connectivity index (χ1) is 9.49. The maximum absolute atomic E-state index is 11.7. The van der Waals surface area contributed by atoms with Crippen LogP contribution < -0.4 is 10.6 Å². The number of hydrogen-bond donors (Lipinski definition) is 2. The summed E-state index contributed by atoms with van der Waals surface area (Å²) >= 11 is 16.5. The van der Waals surface area contributed by atoms with Gasteiger partial charge < -0.3 is 10.1 Å². The number of alkyl halides is 3. The largest absolute Gasteiger partial charge is 0.444 e. The lowest BCUT2D eigenvalue weighted by Crippen LogP contribution is -2.29. The van der Waals surface area contributed by atoms with Crippen molar-refractivity contribution < 1.29 is 14.3 Å². The third kappa shape index (κ3) is 6.42. The number of carbonyl (C=O) groups is 2. The molecule has 1 aromatic rings. The molecule has 0 bridgehead atoms. The molecule has 0 aliphatic heterocycles. The maximum atomic E-state index is 11.7. The molecule has 0 radical (unpaired) electrons. The van der Waals surface area contributed by atoms with Crippen molar-refractivity contribution in [3.8, 4) is 0 Å². The molecule has 0 aliphatic rings. The second-order valence-electron chi connectivity index (χ2n) is 5.12. The van der Waals surface area contributed by atoms with Gasteiger partial charge in [0.15, 0.2) is 0 Å². The standard InChI is InChI=1S/C13H15Cl3N2O3/c1-12(2,3)21-11(20)18-9-7-5-4-6-8(9)17-10(19)13(14,15)16/h4-7H,1-3H3,(H,17,19)(H,18,20). The van der Waals surface area contributed by atoms with Crippen molar-refractivity contribution in [1.29, 1.82) is 0 Å². The summed E-state index contributed by atoms with van der Waals surface area (Å²) in [5.41, 5.74) is -0.0196. The van der Waals surface area contributed by atoms with Crippen LogP contribution in [-0.4, -0.2) is 21.4 Å². The molecule has 8 heteroatoms. The van der Waals surface area contributed by atoms with Crippen LogP contribution in [0.5, 0.6) is 0 Å². The van der Waals surface area contributed by atoms with Crippen LogP contribution in [0.15, 0.2) is 24.3 Å². The Bertz CT molecular complexity index is 536. The van der Waals surface area contributed by atoms with Gasteiger partial charge in [-0.1, -0.05) is 46.9 Å². The molecule has 0 aromatic heterocycles. The van der Waals surface area contributed by atoms with Gasteiger partial charge in [0.25, 0.3) is 9.70 Å². The summed E-state index contributed by atoms with van der Waals surface area (Å²) < 4.78 is 3.03. The molecule has 5 nitrogen and oxygen atoms in total. The van der Waals surface area contributed by atoms with E-state index in [-0.39, 0.29) is 0 Å². The average Bonchev–Trinajstić information content (AvgIpc) is 2.27. The number of benzene rings is 1. The van der Waals surface area contributed by atoms with Gasteiger partial charge >= 0.3 is 6.09 Å². The van der Waals surface area contributed by atoms with Crippen LogP contribution in [0.2, 0.25) is 0 Å². The van der Waals surface area contributed by atoms with Crippen LogP contribution in [0, 0.1) is 0 Å². The Morgan fingerprint density at radius 1 is 1.00 bits per heavy atom. The highest BCUT2D eigenvalue weighted by atomic mass is 35.6. The first-order valence-electron chi connectivity index (χ1n) is 5.96. The highest BCUT2D eigenvalue weighted by molar-refractivity contribution is 6.76. The zero-order valence-electron chi connectivity index (χ0n) is 11.7.